The van der Waals surface area contributed by atoms with Gasteiger partial charge in [-0.3, -0.25) is 4.79 Å². The Morgan fingerprint density at radius 1 is 0.800 bits per heavy atom. The molecule has 3 aliphatic heterocycles. The molecule has 11 nitrogen and oxygen atoms in total. The van der Waals surface area contributed by atoms with Gasteiger partial charge in [-0.05, 0) is 60.4 Å². The van der Waals surface area contributed by atoms with Crippen molar-refractivity contribution < 1.29 is 45.3 Å². The summed E-state index contributed by atoms with van der Waals surface area (Å²) < 4.78 is 97.3. The monoisotopic (exact) mass is 844 g/mol. The molecule has 1 spiro atoms. The van der Waals surface area contributed by atoms with Gasteiger partial charge < -0.3 is 23.8 Å². The van der Waals surface area contributed by atoms with E-state index in [1.165, 1.54) is 10.9 Å². The predicted octanol–water partition coefficient (Wildman–Crippen LogP) is 7.22. The maximum atomic E-state index is 14.6. The van der Waals surface area contributed by atoms with Crippen LogP contribution in [0.15, 0.2) is 109 Å². The van der Waals surface area contributed by atoms with E-state index in [1.54, 1.807) is 4.90 Å². The highest BCUT2D eigenvalue weighted by Gasteiger charge is 2.62. The van der Waals surface area contributed by atoms with Crippen LogP contribution in [0.4, 0.5) is 13.2 Å². The number of halogens is 3. The molecule has 4 aromatic carbocycles. The number of sulfone groups is 1. The normalized spacial score (nSPS) is 24.5. The first-order valence-electron chi connectivity index (χ1n) is 20.3. The van der Waals surface area contributed by atoms with Gasteiger partial charge in [-0.15, -0.1) is 5.10 Å². The zero-order valence-electron chi connectivity index (χ0n) is 33.0. The molecule has 5 atom stereocenters. The second kappa shape index (κ2) is 18.4. The Labute approximate surface area is 347 Å². The molecule has 60 heavy (non-hydrogen) atoms. The van der Waals surface area contributed by atoms with E-state index in [0.29, 0.717) is 25.7 Å². The highest BCUT2D eigenvalue weighted by molar-refractivity contribution is 7.91. The van der Waals surface area contributed by atoms with Crippen LogP contribution >= 0.6 is 0 Å². The number of nitrogens with zero attached hydrogens (tertiary/aromatic N) is 4. The molecular weight excluding hydrogens is 798 g/mol. The number of rotatable bonds is 14. The Hall–Kier alpha value is -4.93. The van der Waals surface area contributed by atoms with E-state index in [4.69, 9.17) is 18.9 Å². The summed E-state index contributed by atoms with van der Waals surface area (Å²) in [5.41, 5.74) is 1.26. The van der Waals surface area contributed by atoms with E-state index in [-0.39, 0.29) is 74.0 Å². The highest BCUT2D eigenvalue weighted by atomic mass is 32.2. The predicted molar refractivity (Wildman–Crippen MR) is 215 cm³/mol. The molecule has 316 valence electrons. The van der Waals surface area contributed by atoms with Crippen LogP contribution in [0.3, 0.4) is 0 Å². The Balaban J connectivity index is 1.25. The van der Waals surface area contributed by atoms with Gasteiger partial charge in [0.25, 0.3) is 0 Å². The quantitative estimate of drug-likeness (QED) is 0.107. The number of likely N-dealkylation sites (tertiary alicyclic amines) is 1. The number of ether oxygens (including phenoxy) is 4. The largest absolute Gasteiger partial charge is 0.374 e. The molecule has 15 heteroatoms. The fraction of sp³-hybridized carbons (Fsp3) is 0.400. The van der Waals surface area contributed by atoms with Crippen molar-refractivity contribution in [3.63, 3.8) is 0 Å². The van der Waals surface area contributed by atoms with E-state index in [9.17, 15) is 26.4 Å². The molecule has 5 aromatic rings. The second-order valence-corrected chi connectivity index (χ2v) is 18.1. The third-order valence-corrected chi connectivity index (χ3v) is 13.4. The molecule has 4 heterocycles. The van der Waals surface area contributed by atoms with Crippen LogP contribution in [0.2, 0.25) is 0 Å². The van der Waals surface area contributed by atoms with Crippen LogP contribution in [-0.2, 0) is 53.4 Å². The van der Waals surface area contributed by atoms with Crippen molar-refractivity contribution in [3.8, 4) is 11.3 Å². The van der Waals surface area contributed by atoms with Crippen LogP contribution in [0.25, 0.3) is 11.3 Å². The molecule has 1 unspecified atom stereocenters. The first-order chi connectivity index (χ1) is 29.1. The topological polar surface area (TPSA) is 122 Å². The van der Waals surface area contributed by atoms with Crippen molar-refractivity contribution in [1.82, 2.24) is 19.9 Å². The zero-order chi connectivity index (χ0) is 41.7. The van der Waals surface area contributed by atoms with Gasteiger partial charge in [-0.2, -0.15) is 0 Å². The molecule has 0 N–H and O–H groups in total. The summed E-state index contributed by atoms with van der Waals surface area (Å²) in [5, 5.41) is 8.84. The lowest BCUT2D eigenvalue weighted by molar-refractivity contribution is -0.328. The van der Waals surface area contributed by atoms with Crippen LogP contribution in [0.1, 0.15) is 54.8 Å². The van der Waals surface area contributed by atoms with Gasteiger partial charge in [-0.25, -0.2) is 26.3 Å². The summed E-state index contributed by atoms with van der Waals surface area (Å²) in [7, 11) is -3.18. The number of aromatic nitrogens is 3. The van der Waals surface area contributed by atoms with Crippen molar-refractivity contribution in [2.45, 2.75) is 82.0 Å². The van der Waals surface area contributed by atoms with Crippen molar-refractivity contribution in [3.05, 3.63) is 143 Å². The Morgan fingerprint density at radius 2 is 1.38 bits per heavy atom. The molecule has 1 aromatic heterocycles. The second-order valence-electron chi connectivity index (χ2n) is 15.8. The molecular formula is C45H47F3N4O7S. The SMILES string of the molecule is O=C1CCCC2(O[C@H](COCc3ccccc3)[C@H](OCc3ccccc3)[C@H](n3cc(-c4cc(F)c(F)c(F)c4)nn3)[C@H]2OCc2ccccc2)N1CC1CCS(=O)(=O)CC1. The number of piperidine rings is 1. The molecule has 0 aliphatic carbocycles. The molecule has 0 radical (unpaired) electrons. The molecule has 8 rings (SSSR count). The van der Waals surface area contributed by atoms with Crippen molar-refractivity contribution in [2.24, 2.45) is 5.92 Å². The Morgan fingerprint density at radius 3 is 2.00 bits per heavy atom. The summed E-state index contributed by atoms with van der Waals surface area (Å²) >= 11 is 0. The number of hydrogen-bond acceptors (Lipinski definition) is 9. The molecule has 0 bridgehead atoms. The fourth-order valence-electron chi connectivity index (χ4n) is 8.59. The Bertz CT molecular complexity index is 2300. The van der Waals surface area contributed by atoms with Crippen LogP contribution in [0, 0.1) is 23.4 Å². The minimum atomic E-state index is -3.18. The number of hydrogen-bond donors (Lipinski definition) is 0. The maximum absolute atomic E-state index is 14.6. The third kappa shape index (κ3) is 9.35. The molecule has 0 saturated carbocycles. The first-order valence-corrected chi connectivity index (χ1v) is 22.1. The van der Waals surface area contributed by atoms with E-state index < -0.39 is 57.4 Å². The molecule has 3 saturated heterocycles. The lowest BCUT2D eigenvalue weighted by Crippen LogP contribution is -2.72. The Kier molecular flexibility index (Phi) is 12.8. The molecule has 3 aliphatic rings. The van der Waals surface area contributed by atoms with E-state index in [2.05, 4.69) is 10.3 Å². The summed E-state index contributed by atoms with van der Waals surface area (Å²) in [6, 6.07) is 29.6. The lowest BCUT2D eigenvalue weighted by Gasteiger charge is -2.58. The minimum Gasteiger partial charge on any atom is -0.374 e. The van der Waals surface area contributed by atoms with E-state index in [1.807, 2.05) is 91.0 Å². The number of benzene rings is 4. The summed E-state index contributed by atoms with van der Waals surface area (Å²) in [6.45, 7) is 0.765. The fourth-order valence-corrected chi connectivity index (χ4v) is 10.2. The smallest absolute Gasteiger partial charge is 0.224 e. The summed E-state index contributed by atoms with van der Waals surface area (Å²) in [4.78, 5) is 16.1. The van der Waals surface area contributed by atoms with Gasteiger partial charge in [-0.1, -0.05) is 96.2 Å². The molecule has 3 fully saturated rings. The summed E-state index contributed by atoms with van der Waals surface area (Å²) in [5.74, 6) is -4.57. The number of carbonyl (C=O) groups excluding carboxylic acids is 1. The average Bonchev–Trinajstić information content (AvgIpc) is 3.75. The number of carbonyl (C=O) groups is 1. The van der Waals surface area contributed by atoms with Crippen LogP contribution < -0.4 is 0 Å². The minimum absolute atomic E-state index is 0.0254. The van der Waals surface area contributed by atoms with Crippen LogP contribution in [0.5, 0.6) is 0 Å². The summed E-state index contributed by atoms with van der Waals surface area (Å²) in [6.07, 6.45) is 0.676. The lowest BCUT2D eigenvalue weighted by atomic mass is 9.81. The van der Waals surface area contributed by atoms with Gasteiger partial charge in [0.15, 0.2) is 23.2 Å². The van der Waals surface area contributed by atoms with Gasteiger partial charge in [0.05, 0.1) is 44.1 Å². The van der Waals surface area contributed by atoms with Crippen LogP contribution in [-0.4, -0.2) is 82.9 Å². The van der Waals surface area contributed by atoms with Crippen molar-refractivity contribution in [1.29, 1.82) is 0 Å². The standard InChI is InChI=1S/C45H47F3N4O7S/c46-36-23-35(24-37(47)41(36)48)38-26-52(50-49-38)42-43(57-28-33-13-6-2-7-14-33)39(30-56-27-32-11-4-1-5-12-32)59-45(44(42)58-29-34-15-8-3-9-16-34)20-10-17-40(53)51(45)25-31-18-21-60(54,55)22-19-31/h1-9,11-16,23-24,26,31,39,42-44H,10,17-22,25,27-30H2/t39-,42+,43+,44-,45?/m1/s1. The van der Waals surface area contributed by atoms with Gasteiger partial charge in [0, 0.05) is 18.5 Å². The van der Waals surface area contributed by atoms with Gasteiger partial charge in [0.1, 0.15) is 39.9 Å². The van der Waals surface area contributed by atoms with Crippen molar-refractivity contribution >= 4 is 15.7 Å². The molecule has 1 amide bonds. The highest BCUT2D eigenvalue weighted by Crippen LogP contribution is 2.48. The van der Waals surface area contributed by atoms with E-state index in [0.717, 1.165) is 28.8 Å². The third-order valence-electron chi connectivity index (χ3n) is 11.7. The van der Waals surface area contributed by atoms with Gasteiger partial charge in [0.2, 0.25) is 5.91 Å². The maximum Gasteiger partial charge on any atom is 0.224 e. The average molecular weight is 845 g/mol. The zero-order valence-corrected chi connectivity index (χ0v) is 33.8. The first kappa shape index (κ1) is 41.8. The number of amides is 1. The van der Waals surface area contributed by atoms with Gasteiger partial charge >= 0.3 is 0 Å². The van der Waals surface area contributed by atoms with Crippen molar-refractivity contribution in [2.75, 3.05) is 24.7 Å². The van der Waals surface area contributed by atoms with E-state index >= 15 is 0 Å².